The molecule has 1 unspecified atom stereocenters. The fraction of sp³-hybridized carbons (Fsp3) is 0.773. The van der Waals surface area contributed by atoms with Gasteiger partial charge in [-0.25, -0.2) is 4.79 Å². The van der Waals surface area contributed by atoms with Crippen LogP contribution >= 0.6 is 0 Å². The highest BCUT2D eigenvalue weighted by molar-refractivity contribution is 5.83. The van der Waals surface area contributed by atoms with Gasteiger partial charge in [0.15, 0.2) is 0 Å². The molecule has 0 spiro atoms. The molecule has 0 aliphatic rings. The monoisotopic (exact) mass is 520 g/mol. The van der Waals surface area contributed by atoms with Crippen LogP contribution in [0.4, 0.5) is 0 Å². The first-order chi connectivity index (χ1) is 17.3. The second-order valence-electron chi connectivity index (χ2n) is 7.51. The van der Waals surface area contributed by atoms with E-state index in [1.165, 1.54) is 6.92 Å². The Bertz CT molecular complexity index is 663. The smallest absolute Gasteiger partial charge is 0.326 e. The number of hydrogen-bond acceptors (Lipinski definition) is 9. The van der Waals surface area contributed by atoms with Gasteiger partial charge in [-0.2, -0.15) is 0 Å². The molecule has 14 heteroatoms. The number of carboxylic acids is 1. The minimum absolute atomic E-state index is 0.00807. The SMILES string of the molecule is CCCNC(=O)COCCOCCNC(=O)COCCOCCNC(=O)CCC(NC(C)=O)C(=O)O. The third kappa shape index (κ3) is 21.7. The van der Waals surface area contributed by atoms with E-state index in [0.29, 0.717) is 26.3 Å². The van der Waals surface area contributed by atoms with Gasteiger partial charge in [0, 0.05) is 33.0 Å². The lowest BCUT2D eigenvalue weighted by atomic mass is 10.1. The van der Waals surface area contributed by atoms with Crippen LogP contribution in [-0.2, 0) is 42.9 Å². The number of aliphatic carboxylic acids is 1. The van der Waals surface area contributed by atoms with Crippen molar-refractivity contribution in [3.05, 3.63) is 0 Å². The van der Waals surface area contributed by atoms with Crippen molar-refractivity contribution in [3.8, 4) is 0 Å². The fourth-order valence-electron chi connectivity index (χ4n) is 2.53. The average molecular weight is 521 g/mol. The zero-order chi connectivity index (χ0) is 27.0. The molecule has 0 rings (SSSR count). The zero-order valence-electron chi connectivity index (χ0n) is 21.1. The van der Waals surface area contributed by atoms with Crippen LogP contribution in [0.3, 0.4) is 0 Å². The molecule has 0 saturated heterocycles. The molecule has 0 heterocycles. The summed E-state index contributed by atoms with van der Waals surface area (Å²) in [5, 5.41) is 19.2. The number of carbonyl (C=O) groups excluding carboxylic acids is 4. The fourth-order valence-corrected chi connectivity index (χ4v) is 2.53. The molecule has 4 amide bonds. The van der Waals surface area contributed by atoms with Gasteiger partial charge in [0.05, 0.1) is 39.6 Å². The first-order valence-corrected chi connectivity index (χ1v) is 11.9. The summed E-state index contributed by atoms with van der Waals surface area (Å²) in [4.78, 5) is 56.6. The molecule has 5 N–H and O–H groups in total. The Hall–Kier alpha value is -2.81. The number of amides is 4. The predicted octanol–water partition coefficient (Wildman–Crippen LogP) is -1.82. The molecular weight excluding hydrogens is 480 g/mol. The van der Waals surface area contributed by atoms with E-state index in [1.54, 1.807) is 0 Å². The van der Waals surface area contributed by atoms with Crippen molar-refractivity contribution in [2.75, 3.05) is 72.5 Å². The van der Waals surface area contributed by atoms with Crippen molar-refractivity contribution < 1.29 is 48.0 Å². The number of nitrogens with one attached hydrogen (secondary N) is 4. The van der Waals surface area contributed by atoms with Gasteiger partial charge in [0.25, 0.3) is 0 Å². The maximum Gasteiger partial charge on any atom is 0.326 e. The molecule has 0 saturated carbocycles. The molecule has 0 aromatic heterocycles. The number of carboxylic acid groups (broad SMARTS) is 1. The van der Waals surface area contributed by atoms with Crippen molar-refractivity contribution in [1.29, 1.82) is 0 Å². The second-order valence-corrected chi connectivity index (χ2v) is 7.51. The summed E-state index contributed by atoms with van der Waals surface area (Å²) < 4.78 is 20.9. The van der Waals surface area contributed by atoms with Gasteiger partial charge in [-0.15, -0.1) is 0 Å². The van der Waals surface area contributed by atoms with E-state index in [4.69, 9.17) is 24.1 Å². The van der Waals surface area contributed by atoms with E-state index < -0.39 is 17.9 Å². The highest BCUT2D eigenvalue weighted by atomic mass is 16.5. The van der Waals surface area contributed by atoms with Gasteiger partial charge in [0.2, 0.25) is 23.6 Å². The third-order valence-electron chi connectivity index (χ3n) is 4.26. The van der Waals surface area contributed by atoms with Gasteiger partial charge in [0.1, 0.15) is 19.3 Å². The average Bonchev–Trinajstić information content (AvgIpc) is 2.83. The lowest BCUT2D eigenvalue weighted by Crippen LogP contribution is -2.40. The van der Waals surface area contributed by atoms with Crippen molar-refractivity contribution in [2.24, 2.45) is 0 Å². The molecule has 14 nitrogen and oxygen atoms in total. The maximum atomic E-state index is 11.7. The summed E-state index contributed by atoms with van der Waals surface area (Å²) in [6, 6.07) is -1.11. The van der Waals surface area contributed by atoms with Crippen LogP contribution in [0.5, 0.6) is 0 Å². The molecule has 1 atom stereocenters. The van der Waals surface area contributed by atoms with E-state index in [2.05, 4.69) is 21.3 Å². The van der Waals surface area contributed by atoms with Crippen LogP contribution in [0.1, 0.15) is 33.1 Å². The van der Waals surface area contributed by atoms with Crippen molar-refractivity contribution in [3.63, 3.8) is 0 Å². The summed E-state index contributed by atoms with van der Waals surface area (Å²) in [6.07, 6.45) is 0.800. The topological polar surface area (TPSA) is 191 Å². The molecular formula is C22H40N4O10. The second kappa shape index (κ2) is 22.6. The summed E-state index contributed by atoms with van der Waals surface area (Å²) in [6.45, 7) is 5.74. The van der Waals surface area contributed by atoms with Gasteiger partial charge >= 0.3 is 5.97 Å². The van der Waals surface area contributed by atoms with Crippen LogP contribution < -0.4 is 21.3 Å². The number of rotatable bonds is 23. The Morgan fingerprint density at radius 1 is 0.694 bits per heavy atom. The molecule has 0 aromatic carbocycles. The molecule has 0 fully saturated rings. The van der Waals surface area contributed by atoms with E-state index in [-0.39, 0.29) is 76.7 Å². The van der Waals surface area contributed by atoms with Crippen LogP contribution in [0.25, 0.3) is 0 Å². The molecule has 0 aromatic rings. The van der Waals surface area contributed by atoms with Gasteiger partial charge in [-0.1, -0.05) is 6.92 Å². The Balaban J connectivity index is 3.50. The van der Waals surface area contributed by atoms with E-state index in [1.807, 2.05) is 6.92 Å². The molecule has 208 valence electrons. The molecule has 0 radical (unpaired) electrons. The van der Waals surface area contributed by atoms with E-state index >= 15 is 0 Å². The molecule has 0 aliphatic heterocycles. The number of ether oxygens (including phenoxy) is 4. The Morgan fingerprint density at radius 2 is 1.17 bits per heavy atom. The van der Waals surface area contributed by atoms with E-state index in [0.717, 1.165) is 6.42 Å². The van der Waals surface area contributed by atoms with E-state index in [9.17, 15) is 24.0 Å². The standard InChI is InChI=1S/C22H40N4O10/c1-3-6-23-20(29)15-35-13-12-34-10-8-25-21(30)16-36-14-11-33-9-7-24-19(28)5-4-18(22(31)32)26-17(2)27/h18H,3-16H2,1-2H3,(H,23,29)(H,24,28)(H,25,30)(H,26,27)(H,31,32). The van der Waals surface area contributed by atoms with Gasteiger partial charge < -0.3 is 45.3 Å². The lowest BCUT2D eigenvalue weighted by Gasteiger charge is -2.13. The van der Waals surface area contributed by atoms with Crippen LogP contribution in [-0.4, -0.2) is 113 Å². The third-order valence-corrected chi connectivity index (χ3v) is 4.26. The quantitative estimate of drug-likeness (QED) is 0.0959. The first kappa shape index (κ1) is 33.2. The summed E-state index contributed by atoms with van der Waals surface area (Å²) in [5.41, 5.74) is 0. The zero-order valence-corrected chi connectivity index (χ0v) is 21.1. The highest BCUT2D eigenvalue weighted by Gasteiger charge is 2.19. The van der Waals surface area contributed by atoms with Gasteiger partial charge in [-0.05, 0) is 12.8 Å². The summed E-state index contributed by atoms with van der Waals surface area (Å²) in [5.74, 6) is -2.49. The number of carbonyl (C=O) groups is 5. The first-order valence-electron chi connectivity index (χ1n) is 11.9. The van der Waals surface area contributed by atoms with Crippen LogP contribution in [0.15, 0.2) is 0 Å². The lowest BCUT2D eigenvalue weighted by molar-refractivity contribution is -0.142. The molecule has 0 bridgehead atoms. The van der Waals surface area contributed by atoms with Crippen molar-refractivity contribution in [1.82, 2.24) is 21.3 Å². The van der Waals surface area contributed by atoms with Crippen molar-refractivity contribution >= 4 is 29.6 Å². The predicted molar refractivity (Wildman–Crippen MR) is 127 cm³/mol. The number of hydrogen-bond donors (Lipinski definition) is 5. The summed E-state index contributed by atoms with van der Waals surface area (Å²) >= 11 is 0. The maximum absolute atomic E-state index is 11.7. The minimum atomic E-state index is -1.20. The van der Waals surface area contributed by atoms with Crippen LogP contribution in [0, 0.1) is 0 Å². The molecule has 36 heavy (non-hydrogen) atoms. The Kier molecular flexibility index (Phi) is 20.9. The van der Waals surface area contributed by atoms with Crippen LogP contribution in [0.2, 0.25) is 0 Å². The normalized spacial score (nSPS) is 11.4. The molecule has 0 aliphatic carbocycles. The Labute approximate surface area is 211 Å². The summed E-state index contributed by atoms with van der Waals surface area (Å²) in [7, 11) is 0. The Morgan fingerprint density at radius 3 is 1.64 bits per heavy atom. The minimum Gasteiger partial charge on any atom is -0.480 e. The largest absolute Gasteiger partial charge is 0.480 e. The van der Waals surface area contributed by atoms with Crippen molar-refractivity contribution in [2.45, 2.75) is 39.2 Å². The van der Waals surface area contributed by atoms with Gasteiger partial charge in [-0.3, -0.25) is 19.2 Å². The highest BCUT2D eigenvalue weighted by Crippen LogP contribution is 1.98.